The van der Waals surface area contributed by atoms with Crippen LogP contribution in [0.4, 0.5) is 5.82 Å². The Morgan fingerprint density at radius 3 is 2.83 bits per heavy atom. The number of thiophene rings is 1. The van der Waals surface area contributed by atoms with Gasteiger partial charge < -0.3 is 5.73 Å². The van der Waals surface area contributed by atoms with Crippen LogP contribution in [0.1, 0.15) is 18.2 Å². The Hall–Kier alpha value is -2.11. The highest BCUT2D eigenvalue weighted by Gasteiger charge is 2.20. The quantitative estimate of drug-likeness (QED) is 0.653. The number of hydrogen-bond acceptors (Lipinski definition) is 4. The number of rotatable bonds is 4. The molecule has 0 atom stereocenters. The predicted octanol–water partition coefficient (Wildman–Crippen LogP) is 5.19. The van der Waals surface area contributed by atoms with E-state index in [-0.39, 0.29) is 0 Å². The van der Waals surface area contributed by atoms with Crippen molar-refractivity contribution >= 4 is 49.2 Å². The van der Waals surface area contributed by atoms with Gasteiger partial charge in [0.25, 0.3) is 0 Å². The molecule has 0 aliphatic heterocycles. The summed E-state index contributed by atoms with van der Waals surface area (Å²) in [5.74, 6) is 0.524. The molecule has 0 aromatic carbocycles. The summed E-state index contributed by atoms with van der Waals surface area (Å²) in [4.78, 5) is 5.56. The Bertz CT molecular complexity index is 1010. The Kier molecular flexibility index (Phi) is 4.47. The van der Waals surface area contributed by atoms with E-state index < -0.39 is 0 Å². The van der Waals surface area contributed by atoms with Crippen molar-refractivity contribution in [3.8, 4) is 0 Å². The van der Waals surface area contributed by atoms with Crippen molar-refractivity contribution in [1.29, 1.82) is 0 Å². The fourth-order valence-electron chi connectivity index (χ4n) is 2.75. The van der Waals surface area contributed by atoms with E-state index in [0.717, 1.165) is 37.3 Å². The van der Waals surface area contributed by atoms with Gasteiger partial charge in [0.2, 0.25) is 0 Å². The molecule has 3 aromatic rings. The Morgan fingerprint density at radius 2 is 2.17 bits per heavy atom. The van der Waals surface area contributed by atoms with E-state index in [4.69, 9.17) is 17.3 Å². The van der Waals surface area contributed by atoms with E-state index in [2.05, 4.69) is 16.7 Å². The SMILES string of the molecule is C=C/C(=C\C=C/C)Cn1nc(N)c2sc3nc(C)c(Cl)c(C)c3c21. The molecule has 0 saturated heterocycles. The number of fused-ring (bicyclic) bond motifs is 3. The average molecular weight is 359 g/mol. The van der Waals surface area contributed by atoms with Crippen molar-refractivity contribution in [2.75, 3.05) is 5.73 Å². The molecule has 0 unspecified atom stereocenters. The summed E-state index contributed by atoms with van der Waals surface area (Å²) >= 11 is 7.98. The van der Waals surface area contributed by atoms with Gasteiger partial charge in [-0.3, -0.25) is 4.68 Å². The number of nitrogens with two attached hydrogens (primary N) is 1. The first-order valence-electron chi connectivity index (χ1n) is 7.63. The zero-order chi connectivity index (χ0) is 17.4. The van der Waals surface area contributed by atoms with Crippen LogP contribution in [-0.4, -0.2) is 14.8 Å². The van der Waals surface area contributed by atoms with E-state index in [1.807, 2.05) is 49.8 Å². The van der Waals surface area contributed by atoms with Crippen molar-refractivity contribution < 1.29 is 0 Å². The Balaban J connectivity index is 2.28. The zero-order valence-electron chi connectivity index (χ0n) is 13.9. The summed E-state index contributed by atoms with van der Waals surface area (Å²) in [7, 11) is 0. The van der Waals surface area contributed by atoms with Gasteiger partial charge in [-0.1, -0.05) is 42.5 Å². The number of aryl methyl sites for hydroxylation is 2. The fraction of sp³-hybridized carbons (Fsp3) is 0.222. The third kappa shape index (κ3) is 2.64. The maximum absolute atomic E-state index is 6.42. The standard InChI is InChI=1S/C18H19ClN4S/c1-5-7-8-12(6-2)9-23-15-13-10(3)14(19)11(4)21-18(13)24-16(15)17(20)22-23/h5-8H,2,9H2,1,3-4H3,(H2,20,22)/b7-5-,12-8+. The predicted molar refractivity (Wildman–Crippen MR) is 105 cm³/mol. The summed E-state index contributed by atoms with van der Waals surface area (Å²) in [6.45, 7) is 10.4. The minimum absolute atomic E-state index is 0.524. The lowest BCUT2D eigenvalue weighted by atomic mass is 10.1. The number of pyridine rings is 1. The molecule has 6 heteroatoms. The van der Waals surface area contributed by atoms with Crippen LogP contribution in [-0.2, 0) is 6.54 Å². The van der Waals surface area contributed by atoms with E-state index in [0.29, 0.717) is 17.4 Å². The molecule has 0 amide bonds. The molecule has 3 rings (SSSR count). The average Bonchev–Trinajstić information content (AvgIpc) is 3.07. The van der Waals surface area contributed by atoms with Crippen LogP contribution in [0.2, 0.25) is 5.02 Å². The molecule has 0 spiro atoms. The summed E-state index contributed by atoms with van der Waals surface area (Å²) < 4.78 is 2.87. The zero-order valence-corrected chi connectivity index (χ0v) is 15.5. The molecule has 4 nitrogen and oxygen atoms in total. The highest BCUT2D eigenvalue weighted by molar-refractivity contribution is 7.26. The van der Waals surface area contributed by atoms with Crippen LogP contribution in [0.3, 0.4) is 0 Å². The molecule has 24 heavy (non-hydrogen) atoms. The maximum Gasteiger partial charge on any atom is 0.163 e. The Morgan fingerprint density at radius 1 is 1.42 bits per heavy atom. The van der Waals surface area contributed by atoms with Crippen LogP contribution in [0.5, 0.6) is 0 Å². The normalized spacial score (nSPS) is 12.8. The minimum atomic E-state index is 0.524. The van der Waals surface area contributed by atoms with E-state index in [9.17, 15) is 0 Å². The molecule has 2 N–H and O–H groups in total. The van der Waals surface area contributed by atoms with Crippen molar-refractivity contribution in [3.63, 3.8) is 0 Å². The van der Waals surface area contributed by atoms with Crippen LogP contribution in [0.15, 0.2) is 36.5 Å². The topological polar surface area (TPSA) is 56.7 Å². The van der Waals surface area contributed by atoms with Crippen LogP contribution >= 0.6 is 22.9 Å². The van der Waals surface area contributed by atoms with Crippen molar-refractivity contribution in [2.24, 2.45) is 0 Å². The molecule has 0 saturated carbocycles. The molecule has 3 heterocycles. The molecule has 0 aliphatic carbocycles. The third-order valence-corrected chi connectivity index (χ3v) is 5.62. The van der Waals surface area contributed by atoms with Gasteiger partial charge in [0.05, 0.1) is 27.5 Å². The van der Waals surface area contributed by atoms with Crippen molar-refractivity contribution in [1.82, 2.24) is 14.8 Å². The largest absolute Gasteiger partial charge is 0.381 e. The molecule has 124 valence electrons. The van der Waals surface area contributed by atoms with Gasteiger partial charge in [-0.15, -0.1) is 11.3 Å². The maximum atomic E-state index is 6.42. The lowest BCUT2D eigenvalue weighted by Gasteiger charge is -2.07. The van der Waals surface area contributed by atoms with Gasteiger partial charge in [-0.05, 0) is 31.9 Å². The number of nitrogens with zero attached hydrogens (tertiary/aromatic N) is 3. The lowest BCUT2D eigenvalue weighted by molar-refractivity contribution is 0.717. The van der Waals surface area contributed by atoms with Crippen molar-refractivity contribution in [2.45, 2.75) is 27.3 Å². The smallest absolute Gasteiger partial charge is 0.163 e. The molecular formula is C18H19ClN4S. The second-order valence-corrected chi connectivity index (χ2v) is 6.99. The number of hydrogen-bond donors (Lipinski definition) is 1. The molecule has 0 bridgehead atoms. The first-order chi connectivity index (χ1) is 11.5. The van der Waals surface area contributed by atoms with Gasteiger partial charge in [0.1, 0.15) is 4.83 Å². The summed E-state index contributed by atoms with van der Waals surface area (Å²) in [6.07, 6.45) is 7.82. The molecule has 0 aliphatic rings. The number of aromatic nitrogens is 3. The molecule has 0 fully saturated rings. The summed E-state index contributed by atoms with van der Waals surface area (Å²) in [5, 5.41) is 6.24. The second kappa shape index (κ2) is 6.42. The number of halogens is 1. The van der Waals surface area contributed by atoms with Crippen molar-refractivity contribution in [3.05, 3.63) is 52.7 Å². The summed E-state index contributed by atoms with van der Waals surface area (Å²) in [5.41, 5.74) is 10.0. The van der Waals surface area contributed by atoms with Gasteiger partial charge in [0, 0.05) is 5.39 Å². The third-order valence-electron chi connectivity index (χ3n) is 3.97. The number of allylic oxidation sites excluding steroid dienone is 5. The lowest BCUT2D eigenvalue weighted by Crippen LogP contribution is -2.03. The fourth-order valence-corrected chi connectivity index (χ4v) is 4.06. The van der Waals surface area contributed by atoms with Crippen LogP contribution in [0.25, 0.3) is 20.4 Å². The number of nitrogen functional groups attached to an aromatic ring is 1. The van der Waals surface area contributed by atoms with E-state index in [1.165, 1.54) is 0 Å². The first kappa shape index (κ1) is 16.7. The Labute approximate surface area is 149 Å². The number of anilines is 1. The monoisotopic (exact) mass is 358 g/mol. The minimum Gasteiger partial charge on any atom is -0.381 e. The second-order valence-electron chi connectivity index (χ2n) is 5.61. The first-order valence-corrected chi connectivity index (χ1v) is 8.82. The van der Waals surface area contributed by atoms with E-state index in [1.54, 1.807) is 11.3 Å². The molecular weight excluding hydrogens is 340 g/mol. The van der Waals surface area contributed by atoms with E-state index >= 15 is 0 Å². The molecule has 3 aromatic heterocycles. The van der Waals surface area contributed by atoms with Gasteiger partial charge >= 0.3 is 0 Å². The van der Waals surface area contributed by atoms with Gasteiger partial charge in [-0.25, -0.2) is 4.98 Å². The summed E-state index contributed by atoms with van der Waals surface area (Å²) in [6, 6.07) is 0. The highest BCUT2D eigenvalue weighted by atomic mass is 35.5. The van der Waals surface area contributed by atoms with Crippen LogP contribution in [0, 0.1) is 13.8 Å². The van der Waals surface area contributed by atoms with Gasteiger partial charge in [-0.2, -0.15) is 5.10 Å². The molecule has 0 radical (unpaired) electrons. The highest BCUT2D eigenvalue weighted by Crippen LogP contribution is 2.40. The van der Waals surface area contributed by atoms with Crippen LogP contribution < -0.4 is 5.73 Å². The van der Waals surface area contributed by atoms with Gasteiger partial charge in [0.15, 0.2) is 5.82 Å².